The average molecular weight is 316 g/mol. The summed E-state index contributed by atoms with van der Waals surface area (Å²) in [5.41, 5.74) is 12.0. The highest BCUT2D eigenvalue weighted by atomic mass is 35.5. The van der Waals surface area contributed by atoms with Gasteiger partial charge in [0, 0.05) is 5.69 Å². The fourth-order valence-electron chi connectivity index (χ4n) is 1.54. The van der Waals surface area contributed by atoms with Gasteiger partial charge < -0.3 is 21.5 Å². The quantitative estimate of drug-likeness (QED) is 0.676. The molecule has 7 nitrogen and oxygen atoms in total. The SMILES string of the molecule is COC(=O)c1ccc(C)c(NC(=O)C(N)CC(N)=O)c1.Cl. The lowest BCUT2D eigenvalue weighted by Gasteiger charge is -2.13. The number of hydrogen-bond acceptors (Lipinski definition) is 5. The number of primary amides is 1. The van der Waals surface area contributed by atoms with Crippen LogP contribution in [0.15, 0.2) is 18.2 Å². The molecule has 21 heavy (non-hydrogen) atoms. The molecule has 1 atom stereocenters. The second-order valence-corrected chi connectivity index (χ2v) is 4.29. The van der Waals surface area contributed by atoms with Gasteiger partial charge in [0.15, 0.2) is 0 Å². The molecule has 0 aliphatic carbocycles. The second kappa shape index (κ2) is 8.23. The van der Waals surface area contributed by atoms with Gasteiger partial charge in [0.05, 0.1) is 25.1 Å². The van der Waals surface area contributed by atoms with E-state index < -0.39 is 23.8 Å². The normalized spacial score (nSPS) is 11.0. The van der Waals surface area contributed by atoms with Crippen LogP contribution in [0.4, 0.5) is 5.69 Å². The monoisotopic (exact) mass is 315 g/mol. The van der Waals surface area contributed by atoms with Crippen LogP contribution in [0.3, 0.4) is 0 Å². The number of ether oxygens (including phenoxy) is 1. The number of hydrogen-bond donors (Lipinski definition) is 3. The van der Waals surface area contributed by atoms with E-state index >= 15 is 0 Å². The molecular formula is C13H18ClN3O4. The number of amides is 2. The zero-order valence-electron chi connectivity index (χ0n) is 11.7. The second-order valence-electron chi connectivity index (χ2n) is 4.29. The summed E-state index contributed by atoms with van der Waals surface area (Å²) < 4.78 is 4.60. The lowest BCUT2D eigenvalue weighted by Crippen LogP contribution is -2.39. The zero-order chi connectivity index (χ0) is 15.3. The van der Waals surface area contributed by atoms with Gasteiger partial charge >= 0.3 is 5.97 Å². The summed E-state index contributed by atoms with van der Waals surface area (Å²) in [4.78, 5) is 33.9. The topological polar surface area (TPSA) is 125 Å². The zero-order valence-corrected chi connectivity index (χ0v) is 12.5. The highest BCUT2D eigenvalue weighted by Gasteiger charge is 2.17. The van der Waals surface area contributed by atoms with Gasteiger partial charge in [-0.3, -0.25) is 9.59 Å². The van der Waals surface area contributed by atoms with E-state index in [1.165, 1.54) is 13.2 Å². The Hall–Kier alpha value is -2.12. The van der Waals surface area contributed by atoms with Crippen LogP contribution >= 0.6 is 12.4 Å². The van der Waals surface area contributed by atoms with E-state index in [0.717, 1.165) is 5.56 Å². The van der Waals surface area contributed by atoms with Gasteiger partial charge in [-0.05, 0) is 24.6 Å². The van der Waals surface area contributed by atoms with Crippen molar-refractivity contribution in [2.24, 2.45) is 11.5 Å². The minimum Gasteiger partial charge on any atom is -0.465 e. The van der Waals surface area contributed by atoms with Crippen molar-refractivity contribution in [3.8, 4) is 0 Å². The minimum atomic E-state index is -1.03. The van der Waals surface area contributed by atoms with Crippen LogP contribution in [0.2, 0.25) is 0 Å². The number of methoxy groups -OCH3 is 1. The molecule has 1 rings (SSSR count). The minimum absolute atomic E-state index is 0. The predicted molar refractivity (Wildman–Crippen MR) is 80.2 cm³/mol. The lowest BCUT2D eigenvalue weighted by molar-refractivity contribution is -0.123. The van der Waals surface area contributed by atoms with Gasteiger partial charge in [-0.2, -0.15) is 0 Å². The highest BCUT2D eigenvalue weighted by molar-refractivity contribution is 5.99. The Labute approximate surface area is 128 Å². The van der Waals surface area contributed by atoms with E-state index in [2.05, 4.69) is 10.1 Å². The van der Waals surface area contributed by atoms with Crippen LogP contribution in [-0.4, -0.2) is 30.9 Å². The first-order valence-electron chi connectivity index (χ1n) is 5.89. The van der Waals surface area contributed by atoms with Crippen LogP contribution in [0.5, 0.6) is 0 Å². The summed E-state index contributed by atoms with van der Waals surface area (Å²) in [6.45, 7) is 1.76. The molecule has 5 N–H and O–H groups in total. The van der Waals surface area contributed by atoms with Crippen molar-refractivity contribution in [1.82, 2.24) is 0 Å². The molecule has 1 unspecified atom stereocenters. The molecule has 8 heteroatoms. The van der Waals surface area contributed by atoms with Crippen LogP contribution in [0.25, 0.3) is 0 Å². The molecule has 1 aromatic carbocycles. The first-order chi connectivity index (χ1) is 9.35. The van der Waals surface area contributed by atoms with E-state index in [1.807, 2.05) is 0 Å². The molecule has 0 bridgehead atoms. The molecule has 0 saturated heterocycles. The molecule has 1 aromatic rings. The Bertz CT molecular complexity index is 548. The van der Waals surface area contributed by atoms with Crippen molar-refractivity contribution < 1.29 is 19.1 Å². The Kier molecular flexibility index (Phi) is 7.40. The van der Waals surface area contributed by atoms with Gasteiger partial charge in [-0.1, -0.05) is 6.07 Å². The molecule has 0 saturated carbocycles. The molecule has 0 aliphatic rings. The maximum absolute atomic E-state index is 11.8. The van der Waals surface area contributed by atoms with E-state index in [-0.39, 0.29) is 18.8 Å². The van der Waals surface area contributed by atoms with Crippen LogP contribution in [0.1, 0.15) is 22.3 Å². The number of nitrogens with two attached hydrogens (primary N) is 2. The van der Waals surface area contributed by atoms with Crippen LogP contribution in [-0.2, 0) is 14.3 Å². The van der Waals surface area contributed by atoms with Gasteiger partial charge in [-0.25, -0.2) is 4.79 Å². The standard InChI is InChI=1S/C13H17N3O4.ClH/c1-7-3-4-8(13(19)20-2)5-10(7)16-12(18)9(14)6-11(15)17;/h3-5,9H,6,14H2,1-2H3,(H2,15,17)(H,16,18);1H. The molecule has 0 aromatic heterocycles. The summed E-state index contributed by atoms with van der Waals surface area (Å²) in [6, 6.07) is 3.70. The van der Waals surface area contributed by atoms with Crippen molar-refractivity contribution in [3.63, 3.8) is 0 Å². The van der Waals surface area contributed by atoms with Crippen LogP contribution in [0, 0.1) is 6.92 Å². The smallest absolute Gasteiger partial charge is 0.337 e. The third-order valence-corrected chi connectivity index (χ3v) is 2.67. The summed E-state index contributed by atoms with van der Waals surface area (Å²) in [6.07, 6.45) is -0.248. The number of benzene rings is 1. The Balaban J connectivity index is 0.00000400. The van der Waals surface area contributed by atoms with Crippen molar-refractivity contribution in [2.45, 2.75) is 19.4 Å². The van der Waals surface area contributed by atoms with Crippen molar-refractivity contribution in [3.05, 3.63) is 29.3 Å². The molecule has 116 valence electrons. The van der Waals surface area contributed by atoms with Gasteiger partial charge in [-0.15, -0.1) is 12.4 Å². The summed E-state index contributed by atoms with van der Waals surface area (Å²) >= 11 is 0. The van der Waals surface area contributed by atoms with Crippen molar-refractivity contribution in [1.29, 1.82) is 0 Å². The lowest BCUT2D eigenvalue weighted by atomic mass is 10.1. The number of carbonyl (C=O) groups is 3. The number of carbonyl (C=O) groups excluding carboxylic acids is 3. The first-order valence-corrected chi connectivity index (χ1v) is 5.89. The number of halogens is 1. The number of esters is 1. The maximum atomic E-state index is 11.8. The van der Waals surface area contributed by atoms with Gasteiger partial charge in [0.25, 0.3) is 0 Å². The van der Waals surface area contributed by atoms with Crippen molar-refractivity contribution in [2.75, 3.05) is 12.4 Å². The van der Waals surface area contributed by atoms with E-state index in [9.17, 15) is 14.4 Å². The first kappa shape index (κ1) is 18.9. The largest absolute Gasteiger partial charge is 0.465 e. The number of rotatable bonds is 5. The third kappa shape index (κ3) is 5.41. The molecular weight excluding hydrogens is 298 g/mol. The molecule has 0 fully saturated rings. The van der Waals surface area contributed by atoms with Gasteiger partial charge in [0.1, 0.15) is 0 Å². The average Bonchev–Trinajstić information content (AvgIpc) is 2.39. The third-order valence-electron chi connectivity index (χ3n) is 2.67. The molecule has 0 aliphatic heterocycles. The molecule has 0 spiro atoms. The van der Waals surface area contributed by atoms with E-state index in [4.69, 9.17) is 11.5 Å². The number of anilines is 1. The molecule has 2 amide bonds. The Morgan fingerprint density at radius 3 is 2.48 bits per heavy atom. The fourth-order valence-corrected chi connectivity index (χ4v) is 1.54. The van der Waals surface area contributed by atoms with Crippen LogP contribution < -0.4 is 16.8 Å². The summed E-state index contributed by atoms with van der Waals surface area (Å²) in [5.74, 6) is -1.72. The van der Waals surface area contributed by atoms with E-state index in [1.54, 1.807) is 19.1 Å². The maximum Gasteiger partial charge on any atom is 0.337 e. The Morgan fingerprint density at radius 1 is 1.33 bits per heavy atom. The predicted octanol–water partition coefficient (Wildman–Crippen LogP) is 0.345. The highest BCUT2D eigenvalue weighted by Crippen LogP contribution is 2.17. The summed E-state index contributed by atoms with van der Waals surface area (Å²) in [5, 5.41) is 2.56. The number of aryl methyl sites for hydroxylation is 1. The molecule has 0 radical (unpaired) electrons. The molecule has 0 heterocycles. The fraction of sp³-hybridized carbons (Fsp3) is 0.308. The van der Waals surface area contributed by atoms with Gasteiger partial charge in [0.2, 0.25) is 11.8 Å². The summed E-state index contributed by atoms with van der Waals surface area (Å²) in [7, 11) is 1.27. The van der Waals surface area contributed by atoms with Crippen molar-refractivity contribution >= 4 is 35.9 Å². The Morgan fingerprint density at radius 2 is 1.95 bits per heavy atom. The number of nitrogens with one attached hydrogen (secondary N) is 1. The van der Waals surface area contributed by atoms with E-state index in [0.29, 0.717) is 11.3 Å².